The highest BCUT2D eigenvalue weighted by Crippen LogP contribution is 2.47. The van der Waals surface area contributed by atoms with E-state index in [0.29, 0.717) is 23.1 Å². The molecule has 2 aromatic carbocycles. The van der Waals surface area contributed by atoms with Crippen molar-refractivity contribution in [3.05, 3.63) is 93.7 Å². The summed E-state index contributed by atoms with van der Waals surface area (Å²) in [7, 11) is 0. The van der Waals surface area contributed by atoms with E-state index in [9.17, 15) is 4.39 Å². The van der Waals surface area contributed by atoms with E-state index in [0.717, 1.165) is 11.8 Å². The molecule has 2 bridgehead atoms. The summed E-state index contributed by atoms with van der Waals surface area (Å²) in [6.07, 6.45) is 14.7. The minimum atomic E-state index is -0.148. The van der Waals surface area contributed by atoms with Gasteiger partial charge in [-0.1, -0.05) is 74.6 Å². The van der Waals surface area contributed by atoms with Gasteiger partial charge in [-0.3, -0.25) is 0 Å². The Hall–Kier alpha value is -2.87. The Balaban J connectivity index is 1.74. The van der Waals surface area contributed by atoms with Crippen molar-refractivity contribution in [3.63, 3.8) is 0 Å². The summed E-state index contributed by atoms with van der Waals surface area (Å²) in [6, 6.07) is 9.51. The van der Waals surface area contributed by atoms with E-state index < -0.39 is 0 Å². The van der Waals surface area contributed by atoms with Gasteiger partial charge < -0.3 is 5.32 Å². The fourth-order valence-electron chi connectivity index (χ4n) is 5.86. The molecule has 0 saturated carbocycles. The lowest BCUT2D eigenvalue weighted by Crippen LogP contribution is -2.55. The lowest BCUT2D eigenvalue weighted by atomic mass is 9.66. The predicted octanol–water partition coefficient (Wildman–Crippen LogP) is 4.88. The van der Waals surface area contributed by atoms with Gasteiger partial charge in [0.05, 0.1) is 0 Å². The van der Waals surface area contributed by atoms with E-state index in [4.69, 9.17) is 0 Å². The molecule has 4 aliphatic rings. The molecule has 0 fully saturated rings. The Morgan fingerprint density at radius 1 is 1.07 bits per heavy atom. The number of nitrogens with one attached hydrogen (secondary N) is 1. The first kappa shape index (κ1) is 17.9. The van der Waals surface area contributed by atoms with Crippen molar-refractivity contribution in [2.24, 2.45) is 17.8 Å². The van der Waals surface area contributed by atoms with Gasteiger partial charge in [0.15, 0.2) is 0 Å². The van der Waals surface area contributed by atoms with Gasteiger partial charge in [0.25, 0.3) is 0 Å². The first-order valence-electron chi connectivity index (χ1n) is 11.0. The van der Waals surface area contributed by atoms with Gasteiger partial charge in [0.2, 0.25) is 0 Å². The fraction of sp³-hybridized carbons (Fsp3) is 0.286. The van der Waals surface area contributed by atoms with Gasteiger partial charge >= 0.3 is 0 Å². The van der Waals surface area contributed by atoms with Crippen LogP contribution in [0.4, 0.5) is 4.39 Å². The molecule has 2 heterocycles. The van der Waals surface area contributed by atoms with Crippen LogP contribution >= 0.6 is 0 Å². The molecule has 150 valence electrons. The fourth-order valence-corrected chi connectivity index (χ4v) is 5.86. The molecule has 30 heavy (non-hydrogen) atoms. The molecule has 0 saturated heterocycles. The molecule has 2 heteroatoms. The Kier molecular flexibility index (Phi) is 3.63. The molecular weight excluding hydrogens is 369 g/mol. The molecule has 2 aliphatic carbocycles. The van der Waals surface area contributed by atoms with Crippen LogP contribution in [0.25, 0.3) is 22.5 Å². The summed E-state index contributed by atoms with van der Waals surface area (Å²) in [5.74, 6) is 0.966. The largest absolute Gasteiger partial charge is 0.378 e. The summed E-state index contributed by atoms with van der Waals surface area (Å²) in [5, 5.41) is 8.07. The van der Waals surface area contributed by atoms with Gasteiger partial charge in [-0.2, -0.15) is 0 Å². The van der Waals surface area contributed by atoms with Crippen molar-refractivity contribution in [3.8, 4) is 0 Å². The second-order valence-corrected chi connectivity index (χ2v) is 9.45. The van der Waals surface area contributed by atoms with Crippen molar-refractivity contribution in [2.75, 3.05) is 0 Å². The van der Waals surface area contributed by atoms with E-state index >= 15 is 0 Å². The normalized spacial score (nSPS) is 31.3. The van der Waals surface area contributed by atoms with Gasteiger partial charge in [0.1, 0.15) is 5.82 Å². The van der Waals surface area contributed by atoms with Gasteiger partial charge in [0, 0.05) is 33.7 Å². The monoisotopic (exact) mass is 395 g/mol. The van der Waals surface area contributed by atoms with E-state index in [1.165, 1.54) is 32.9 Å². The van der Waals surface area contributed by atoms with Gasteiger partial charge in [-0.25, -0.2) is 4.39 Å². The Bertz CT molecular complexity index is 1350. The summed E-state index contributed by atoms with van der Waals surface area (Å²) in [4.78, 5) is 0. The highest BCUT2D eigenvalue weighted by molar-refractivity contribution is 5.86. The summed E-state index contributed by atoms with van der Waals surface area (Å²) < 4.78 is 14.5. The van der Waals surface area contributed by atoms with E-state index in [1.807, 2.05) is 12.1 Å². The SMILES string of the molecule is CC1C=c2c(ccc3c(F)cccc23)=C2NC1(C)C(C)C1=C2CC2C=CC=CC2=C1. The molecule has 2 aromatic rings. The average molecular weight is 396 g/mol. The van der Waals surface area contributed by atoms with Crippen LogP contribution in [0.5, 0.6) is 0 Å². The maximum atomic E-state index is 14.5. The smallest absolute Gasteiger partial charge is 0.131 e. The summed E-state index contributed by atoms with van der Waals surface area (Å²) in [6.45, 7) is 7.00. The van der Waals surface area contributed by atoms with Crippen molar-refractivity contribution in [2.45, 2.75) is 32.7 Å². The van der Waals surface area contributed by atoms with Crippen molar-refractivity contribution in [1.29, 1.82) is 0 Å². The molecule has 1 N–H and O–H groups in total. The van der Waals surface area contributed by atoms with E-state index in [1.54, 1.807) is 6.07 Å². The maximum Gasteiger partial charge on any atom is 0.131 e. The third-order valence-corrected chi connectivity index (χ3v) is 8.01. The number of hydrogen-bond donors (Lipinski definition) is 1. The highest BCUT2D eigenvalue weighted by atomic mass is 19.1. The van der Waals surface area contributed by atoms with Crippen LogP contribution in [0.1, 0.15) is 27.2 Å². The van der Waals surface area contributed by atoms with Crippen molar-refractivity contribution < 1.29 is 4.39 Å². The van der Waals surface area contributed by atoms with Crippen LogP contribution < -0.4 is 15.8 Å². The van der Waals surface area contributed by atoms with Crippen LogP contribution in [0.2, 0.25) is 0 Å². The molecule has 4 atom stereocenters. The van der Waals surface area contributed by atoms with Crippen LogP contribution in [0, 0.1) is 23.6 Å². The zero-order chi connectivity index (χ0) is 20.6. The maximum absolute atomic E-state index is 14.5. The molecule has 0 spiro atoms. The van der Waals surface area contributed by atoms with Gasteiger partial charge in [-0.15, -0.1) is 0 Å². The predicted molar refractivity (Wildman–Crippen MR) is 122 cm³/mol. The number of benzene rings is 2. The zero-order valence-electron chi connectivity index (χ0n) is 17.7. The highest BCUT2D eigenvalue weighted by Gasteiger charge is 2.45. The molecule has 4 unspecified atom stereocenters. The quantitative estimate of drug-likeness (QED) is 0.670. The molecule has 6 rings (SSSR count). The number of hydrogen-bond acceptors (Lipinski definition) is 1. The molecule has 0 amide bonds. The lowest BCUT2D eigenvalue weighted by Gasteiger charge is -2.48. The molecule has 0 radical (unpaired) electrons. The summed E-state index contributed by atoms with van der Waals surface area (Å²) in [5.41, 5.74) is 5.46. The third-order valence-electron chi connectivity index (χ3n) is 8.01. The zero-order valence-corrected chi connectivity index (χ0v) is 17.7. The number of halogens is 1. The van der Waals surface area contributed by atoms with Gasteiger partial charge in [-0.05, 0) is 52.7 Å². The number of fused-ring (bicyclic) bond motifs is 7. The number of rotatable bonds is 0. The Morgan fingerprint density at radius 2 is 1.93 bits per heavy atom. The topological polar surface area (TPSA) is 12.0 Å². The minimum Gasteiger partial charge on any atom is -0.378 e. The van der Waals surface area contributed by atoms with Crippen LogP contribution in [0.3, 0.4) is 0 Å². The van der Waals surface area contributed by atoms with Crippen LogP contribution in [-0.2, 0) is 0 Å². The van der Waals surface area contributed by atoms with Crippen molar-refractivity contribution >= 4 is 22.5 Å². The Morgan fingerprint density at radius 3 is 2.80 bits per heavy atom. The van der Waals surface area contributed by atoms with E-state index in [2.05, 4.69) is 74.7 Å². The average Bonchev–Trinajstić information content (AvgIpc) is 2.86. The molecule has 2 aliphatic heterocycles. The summed E-state index contributed by atoms with van der Waals surface area (Å²) >= 11 is 0. The number of allylic oxidation sites excluding steroid dienone is 6. The molecule has 1 nitrogen and oxygen atoms in total. The van der Waals surface area contributed by atoms with Crippen molar-refractivity contribution in [1.82, 2.24) is 5.32 Å². The Labute approximate surface area is 176 Å². The first-order valence-corrected chi connectivity index (χ1v) is 11.0. The minimum absolute atomic E-state index is 0.0923. The van der Waals surface area contributed by atoms with Crippen LogP contribution in [0.15, 0.2) is 77.4 Å². The van der Waals surface area contributed by atoms with E-state index in [-0.39, 0.29) is 11.4 Å². The second kappa shape index (κ2) is 6.07. The van der Waals surface area contributed by atoms with Crippen LogP contribution in [-0.4, -0.2) is 5.54 Å². The molecule has 0 aromatic heterocycles. The lowest BCUT2D eigenvalue weighted by molar-refractivity contribution is 0.250. The standard InChI is InChI=1S/C28H26FN/c1-16-13-24-20-9-6-10-26(29)21(20)11-12-22(24)27-25-15-19-8-5-4-7-18(19)14-23(25)17(2)28(16,3)30-27/h4-14,16-17,19,30H,15H2,1-3H3. The first-order chi connectivity index (χ1) is 14.5. The molecular formula is C28H26FN. The second-order valence-electron chi connectivity index (χ2n) is 9.45. The third kappa shape index (κ3) is 2.28.